The highest BCUT2D eigenvalue weighted by atomic mass is 32.2. The smallest absolute Gasteiger partial charge is 0.339 e. The number of carbonyl (C=O) groups excluding carboxylic acids is 2. The molecule has 0 unspecified atom stereocenters. The van der Waals surface area contributed by atoms with Crippen LogP contribution >= 0.6 is 0 Å². The molecule has 236 valence electrons. The SMILES string of the molecule is COc1ccc2c(c1)C=C(CCOC(=O)c1cc[nH]c1)Cn1c-2c(C2CCCCC2)c2ccc(C(=O)NS(=O)(=O)C(C)C)cc21. The third kappa shape index (κ3) is 6.16. The highest BCUT2D eigenvalue weighted by Gasteiger charge is 2.30. The monoisotopic (exact) mass is 629 g/mol. The van der Waals surface area contributed by atoms with Crippen molar-refractivity contribution in [1.82, 2.24) is 14.3 Å². The maximum Gasteiger partial charge on any atom is 0.339 e. The van der Waals surface area contributed by atoms with E-state index in [0.717, 1.165) is 64.7 Å². The normalized spacial score (nSPS) is 15.2. The molecule has 0 atom stereocenters. The first kappa shape index (κ1) is 30.7. The lowest BCUT2D eigenvalue weighted by molar-refractivity contribution is 0.0508. The third-order valence-electron chi connectivity index (χ3n) is 8.96. The van der Waals surface area contributed by atoms with Gasteiger partial charge in [0.15, 0.2) is 0 Å². The van der Waals surface area contributed by atoms with Crippen LogP contribution < -0.4 is 9.46 Å². The van der Waals surface area contributed by atoms with Crippen molar-refractivity contribution >= 4 is 38.9 Å². The van der Waals surface area contributed by atoms with Gasteiger partial charge in [0.05, 0.1) is 30.2 Å². The van der Waals surface area contributed by atoms with Crippen molar-refractivity contribution in [2.24, 2.45) is 0 Å². The summed E-state index contributed by atoms with van der Waals surface area (Å²) in [4.78, 5) is 28.6. The Bertz CT molecular complexity index is 1880. The molecule has 2 aromatic heterocycles. The lowest BCUT2D eigenvalue weighted by Gasteiger charge is -2.24. The van der Waals surface area contributed by atoms with Gasteiger partial charge in [-0.15, -0.1) is 0 Å². The van der Waals surface area contributed by atoms with Gasteiger partial charge in [0.1, 0.15) is 5.75 Å². The van der Waals surface area contributed by atoms with E-state index in [-0.39, 0.29) is 18.1 Å². The highest BCUT2D eigenvalue weighted by Crippen LogP contribution is 2.47. The van der Waals surface area contributed by atoms with Gasteiger partial charge in [0, 0.05) is 47.4 Å². The van der Waals surface area contributed by atoms with Crippen LogP contribution in [0.3, 0.4) is 0 Å². The first-order valence-electron chi connectivity index (χ1n) is 15.6. The number of hydrogen-bond donors (Lipinski definition) is 2. The fourth-order valence-corrected chi connectivity index (χ4v) is 7.13. The van der Waals surface area contributed by atoms with Crippen LogP contribution in [0.5, 0.6) is 5.75 Å². The maximum atomic E-state index is 13.2. The van der Waals surface area contributed by atoms with Crippen LogP contribution in [0.15, 0.2) is 60.4 Å². The van der Waals surface area contributed by atoms with Crippen molar-refractivity contribution in [2.75, 3.05) is 13.7 Å². The molecule has 4 aromatic rings. The minimum atomic E-state index is -3.79. The number of benzene rings is 2. The van der Waals surface area contributed by atoms with Crippen molar-refractivity contribution in [3.05, 3.63) is 82.7 Å². The summed E-state index contributed by atoms with van der Waals surface area (Å²) in [5.74, 6) is 0.0763. The second-order valence-corrected chi connectivity index (χ2v) is 14.4. The largest absolute Gasteiger partial charge is 0.497 e. The van der Waals surface area contributed by atoms with Gasteiger partial charge >= 0.3 is 5.97 Å². The van der Waals surface area contributed by atoms with Crippen molar-refractivity contribution in [2.45, 2.75) is 70.1 Å². The maximum absolute atomic E-state index is 13.2. The van der Waals surface area contributed by atoms with Gasteiger partial charge in [0.2, 0.25) is 10.0 Å². The average molecular weight is 630 g/mol. The number of nitrogens with zero attached hydrogens (tertiary/aromatic N) is 1. The van der Waals surface area contributed by atoms with E-state index in [0.29, 0.717) is 24.4 Å². The Kier molecular flexibility index (Phi) is 8.59. The van der Waals surface area contributed by atoms with Gasteiger partial charge < -0.3 is 19.0 Å². The lowest BCUT2D eigenvalue weighted by Crippen LogP contribution is -2.35. The molecule has 1 aliphatic carbocycles. The number of carbonyl (C=O) groups is 2. The summed E-state index contributed by atoms with van der Waals surface area (Å²) in [6, 6.07) is 13.3. The van der Waals surface area contributed by atoms with Crippen molar-refractivity contribution in [1.29, 1.82) is 0 Å². The van der Waals surface area contributed by atoms with Gasteiger partial charge in [0.25, 0.3) is 5.91 Å². The Morgan fingerprint density at radius 2 is 1.84 bits per heavy atom. The van der Waals surface area contributed by atoms with Gasteiger partial charge in [-0.25, -0.2) is 17.9 Å². The van der Waals surface area contributed by atoms with Crippen LogP contribution in [0, 0.1) is 0 Å². The Morgan fingerprint density at radius 3 is 2.56 bits per heavy atom. The third-order valence-corrected chi connectivity index (χ3v) is 10.7. The van der Waals surface area contributed by atoms with Gasteiger partial charge in [-0.3, -0.25) is 4.79 Å². The topological polar surface area (TPSA) is 119 Å². The first-order chi connectivity index (χ1) is 21.7. The molecule has 45 heavy (non-hydrogen) atoms. The number of H-pyrrole nitrogens is 1. The van der Waals surface area contributed by atoms with Crippen LogP contribution in [0.1, 0.15) is 90.1 Å². The molecular weight excluding hydrogens is 590 g/mol. The molecule has 0 spiro atoms. The molecule has 1 aliphatic heterocycles. The molecule has 1 saturated carbocycles. The Balaban J connectivity index is 1.46. The van der Waals surface area contributed by atoms with Crippen LogP contribution in [0.2, 0.25) is 0 Å². The summed E-state index contributed by atoms with van der Waals surface area (Å²) in [7, 11) is -2.14. The van der Waals surface area contributed by atoms with Crippen LogP contribution in [0.25, 0.3) is 28.2 Å². The molecule has 0 radical (unpaired) electrons. The number of nitrogens with one attached hydrogen (secondary N) is 2. The number of aromatic nitrogens is 2. The zero-order chi connectivity index (χ0) is 31.7. The minimum Gasteiger partial charge on any atom is -0.497 e. The van der Waals surface area contributed by atoms with E-state index in [2.05, 4.69) is 26.4 Å². The van der Waals surface area contributed by atoms with E-state index in [1.807, 2.05) is 24.3 Å². The molecule has 2 aromatic carbocycles. The second-order valence-electron chi connectivity index (χ2n) is 12.2. The van der Waals surface area contributed by atoms with E-state index in [9.17, 15) is 18.0 Å². The van der Waals surface area contributed by atoms with Crippen LogP contribution in [0.4, 0.5) is 0 Å². The molecular formula is C35H39N3O6S. The molecule has 1 amide bonds. The Labute approximate surface area is 263 Å². The summed E-state index contributed by atoms with van der Waals surface area (Å²) in [6.45, 7) is 3.81. The zero-order valence-corrected chi connectivity index (χ0v) is 26.7. The molecule has 2 aliphatic rings. The van der Waals surface area contributed by atoms with E-state index < -0.39 is 21.2 Å². The van der Waals surface area contributed by atoms with Crippen molar-refractivity contribution in [3.63, 3.8) is 0 Å². The predicted molar refractivity (Wildman–Crippen MR) is 175 cm³/mol. The Morgan fingerprint density at radius 1 is 1.04 bits per heavy atom. The number of rotatable bonds is 9. The fraction of sp³-hybridized carbons (Fsp3) is 0.371. The van der Waals surface area contributed by atoms with E-state index in [1.165, 1.54) is 25.8 Å². The number of amides is 1. The predicted octanol–water partition coefficient (Wildman–Crippen LogP) is 6.80. The van der Waals surface area contributed by atoms with Gasteiger partial charge in [-0.05, 0) is 85.7 Å². The van der Waals surface area contributed by atoms with Crippen molar-refractivity contribution in [3.8, 4) is 17.0 Å². The minimum absolute atomic E-state index is 0.208. The molecule has 2 N–H and O–H groups in total. The molecule has 3 heterocycles. The van der Waals surface area contributed by atoms with E-state index in [1.54, 1.807) is 31.6 Å². The average Bonchev–Trinajstić information content (AvgIpc) is 3.64. The van der Waals surface area contributed by atoms with Crippen LogP contribution in [-0.2, 0) is 21.3 Å². The molecule has 10 heteroatoms. The number of methoxy groups -OCH3 is 1. The van der Waals surface area contributed by atoms with Gasteiger partial charge in [-0.2, -0.15) is 0 Å². The summed E-state index contributed by atoms with van der Waals surface area (Å²) in [5.41, 5.74) is 7.15. The Hall–Kier alpha value is -4.31. The molecule has 1 fully saturated rings. The number of aromatic amines is 1. The summed E-state index contributed by atoms with van der Waals surface area (Å²) < 4.78 is 40.8. The van der Waals surface area contributed by atoms with Crippen LogP contribution in [-0.4, -0.2) is 48.8 Å². The lowest BCUT2D eigenvalue weighted by atomic mass is 9.81. The summed E-state index contributed by atoms with van der Waals surface area (Å²) in [5, 5.41) is 0.335. The number of fused-ring (bicyclic) bond motifs is 5. The number of hydrogen-bond acceptors (Lipinski definition) is 6. The molecule has 9 nitrogen and oxygen atoms in total. The second kappa shape index (κ2) is 12.6. The fourth-order valence-electron chi connectivity index (χ4n) is 6.51. The molecule has 0 bridgehead atoms. The summed E-state index contributed by atoms with van der Waals surface area (Å²) >= 11 is 0. The van der Waals surface area contributed by atoms with Gasteiger partial charge in [-0.1, -0.05) is 31.4 Å². The van der Waals surface area contributed by atoms with E-state index in [4.69, 9.17) is 9.47 Å². The van der Waals surface area contributed by atoms with E-state index >= 15 is 0 Å². The van der Waals surface area contributed by atoms with Crippen molar-refractivity contribution < 1.29 is 27.5 Å². The quantitative estimate of drug-likeness (QED) is 0.197. The first-order valence-corrected chi connectivity index (χ1v) is 17.1. The zero-order valence-electron chi connectivity index (χ0n) is 25.9. The molecule has 0 saturated heterocycles. The number of sulfonamides is 1. The highest BCUT2D eigenvalue weighted by molar-refractivity contribution is 7.90. The standard InChI is InChI=1S/C35H39N3O6S/c1-22(2)45(41,42)37-34(39)25-9-11-30-31(19-25)38-21-23(14-16-44-35(40)26-13-15-36-20-26)17-27-18-28(43-3)10-12-29(27)33(38)32(30)24-7-5-4-6-8-24/h9-13,15,17-20,22,24,36H,4-8,14,16,21H2,1-3H3,(H,37,39). The number of ether oxygens (including phenoxy) is 2. The summed E-state index contributed by atoms with van der Waals surface area (Å²) in [6.07, 6.45) is 11.7. The number of esters is 1. The molecule has 6 rings (SSSR count).